The van der Waals surface area contributed by atoms with Crippen molar-refractivity contribution in [1.29, 1.82) is 0 Å². The lowest BCUT2D eigenvalue weighted by Gasteiger charge is -2.33. The lowest BCUT2D eigenvalue weighted by Crippen LogP contribution is -2.48. The highest BCUT2D eigenvalue weighted by Gasteiger charge is 2.18. The largest absolute Gasteiger partial charge is 0.381 e. The Morgan fingerprint density at radius 2 is 1.83 bits per heavy atom. The van der Waals surface area contributed by atoms with E-state index in [0.29, 0.717) is 11.7 Å². The number of nitrogens with one attached hydrogen (secondary N) is 2. The smallest absolute Gasteiger partial charge is 0.240 e. The summed E-state index contributed by atoms with van der Waals surface area (Å²) in [6, 6.07) is 13.9. The van der Waals surface area contributed by atoms with Crippen molar-refractivity contribution >= 4 is 49.9 Å². The van der Waals surface area contributed by atoms with Crippen molar-refractivity contribution in [3.8, 4) is 0 Å². The Labute approximate surface area is 185 Å². The molecule has 158 valence electrons. The maximum absolute atomic E-state index is 12.4. The topological polar surface area (TPSA) is 60.5 Å². The Balaban J connectivity index is 1.33. The van der Waals surface area contributed by atoms with Gasteiger partial charge in [0.05, 0.1) is 16.8 Å². The molecule has 3 aromatic rings. The number of piperazine rings is 1. The summed E-state index contributed by atoms with van der Waals surface area (Å²) in [6.07, 6.45) is 0. The average molecular weight is 444 g/mol. The molecule has 1 aliphatic rings. The molecule has 2 N–H and O–H groups in total. The van der Waals surface area contributed by atoms with Crippen LogP contribution < -0.4 is 10.6 Å². The van der Waals surface area contributed by atoms with Crippen LogP contribution in [0.1, 0.15) is 12.5 Å². The zero-order chi connectivity index (χ0) is 20.9. The van der Waals surface area contributed by atoms with Gasteiger partial charge < -0.3 is 15.5 Å². The number of rotatable bonds is 7. The Morgan fingerprint density at radius 3 is 2.57 bits per heavy atom. The highest BCUT2D eigenvalue weighted by Crippen LogP contribution is 2.28. The summed E-state index contributed by atoms with van der Waals surface area (Å²) in [7, 11) is 0. The summed E-state index contributed by atoms with van der Waals surface area (Å²) in [4.78, 5) is 21.6. The van der Waals surface area contributed by atoms with Crippen molar-refractivity contribution in [2.75, 3.05) is 49.9 Å². The molecular weight excluding hydrogens is 418 g/mol. The Bertz CT molecular complexity index is 998. The van der Waals surface area contributed by atoms with Crippen molar-refractivity contribution in [2.24, 2.45) is 0 Å². The van der Waals surface area contributed by atoms with Crippen molar-refractivity contribution in [1.82, 2.24) is 14.8 Å². The van der Waals surface area contributed by atoms with E-state index in [1.54, 1.807) is 0 Å². The van der Waals surface area contributed by atoms with Crippen molar-refractivity contribution in [3.05, 3.63) is 53.1 Å². The lowest BCUT2D eigenvalue weighted by atomic mass is 10.2. The predicted molar refractivity (Wildman–Crippen MR) is 126 cm³/mol. The summed E-state index contributed by atoms with van der Waals surface area (Å²) < 4.78 is 1.04. The van der Waals surface area contributed by atoms with Crippen LogP contribution in [0, 0.1) is 0 Å². The first-order valence-corrected chi connectivity index (χ1v) is 11.4. The maximum Gasteiger partial charge on any atom is 0.240 e. The normalized spacial score (nSPS) is 15.4. The summed E-state index contributed by atoms with van der Waals surface area (Å²) >= 11 is 7.44. The van der Waals surface area contributed by atoms with Crippen LogP contribution in [-0.4, -0.2) is 60.0 Å². The van der Waals surface area contributed by atoms with Gasteiger partial charge in [-0.05, 0) is 42.4 Å². The molecule has 0 atom stereocenters. The second-order valence-corrected chi connectivity index (χ2v) is 8.91. The van der Waals surface area contributed by atoms with Crippen LogP contribution in [0.5, 0.6) is 0 Å². The molecule has 30 heavy (non-hydrogen) atoms. The fraction of sp³-hybridized carbons (Fsp3) is 0.364. The second-order valence-electron chi connectivity index (χ2n) is 7.44. The molecular formula is C22H26ClN5OS. The number of carbonyl (C=O) groups is 1. The number of fused-ring (bicyclic) bond motifs is 1. The highest BCUT2D eigenvalue weighted by molar-refractivity contribution is 7.22. The molecule has 1 fully saturated rings. The van der Waals surface area contributed by atoms with Crippen molar-refractivity contribution in [2.45, 2.75) is 13.5 Å². The van der Waals surface area contributed by atoms with E-state index < -0.39 is 0 Å². The van der Waals surface area contributed by atoms with Gasteiger partial charge in [0.1, 0.15) is 0 Å². The van der Waals surface area contributed by atoms with Crippen LogP contribution in [0.15, 0.2) is 42.5 Å². The zero-order valence-electron chi connectivity index (χ0n) is 17.0. The SMILES string of the molecule is CCN1CCN(CC(=O)Nc2nc3ccc(NCc4ccc(Cl)cc4)cc3s2)CC1. The van der Waals surface area contributed by atoms with Gasteiger partial charge in [-0.25, -0.2) is 4.98 Å². The van der Waals surface area contributed by atoms with Gasteiger partial charge in [0, 0.05) is 43.4 Å². The fourth-order valence-electron chi connectivity index (χ4n) is 3.52. The first-order valence-electron chi connectivity index (χ1n) is 10.2. The fourth-order valence-corrected chi connectivity index (χ4v) is 4.57. The quantitative estimate of drug-likeness (QED) is 0.574. The van der Waals surface area contributed by atoms with E-state index in [1.165, 1.54) is 11.3 Å². The number of halogens is 1. The molecule has 0 bridgehead atoms. The van der Waals surface area contributed by atoms with E-state index in [-0.39, 0.29) is 5.91 Å². The number of likely N-dealkylation sites (N-methyl/N-ethyl adjacent to an activating group) is 1. The molecule has 2 heterocycles. The van der Waals surface area contributed by atoms with E-state index in [2.05, 4.69) is 38.4 Å². The van der Waals surface area contributed by atoms with E-state index >= 15 is 0 Å². The lowest BCUT2D eigenvalue weighted by molar-refractivity contribution is -0.117. The molecule has 2 aromatic carbocycles. The number of amides is 1. The molecule has 1 aliphatic heterocycles. The minimum atomic E-state index is 0.0000847. The van der Waals surface area contributed by atoms with Crippen LogP contribution in [0.2, 0.25) is 5.02 Å². The third kappa shape index (κ3) is 5.49. The number of thiazole rings is 1. The van der Waals surface area contributed by atoms with Crippen LogP contribution in [0.3, 0.4) is 0 Å². The second kappa shape index (κ2) is 9.75. The Kier molecular flexibility index (Phi) is 6.84. The monoisotopic (exact) mass is 443 g/mol. The molecule has 6 nitrogen and oxygen atoms in total. The number of nitrogens with zero attached hydrogens (tertiary/aromatic N) is 3. The molecule has 1 amide bonds. The summed E-state index contributed by atoms with van der Waals surface area (Å²) in [6.45, 7) is 8.30. The molecule has 1 aromatic heterocycles. The van der Waals surface area contributed by atoms with Gasteiger partial charge in [-0.1, -0.05) is 42.0 Å². The summed E-state index contributed by atoms with van der Waals surface area (Å²) in [5.74, 6) is 0.0000847. The van der Waals surface area contributed by atoms with E-state index in [1.807, 2.05) is 36.4 Å². The van der Waals surface area contributed by atoms with Gasteiger partial charge in [0.2, 0.25) is 5.91 Å². The average Bonchev–Trinajstić information content (AvgIpc) is 3.15. The van der Waals surface area contributed by atoms with Crippen molar-refractivity contribution in [3.63, 3.8) is 0 Å². The molecule has 8 heteroatoms. The van der Waals surface area contributed by atoms with Crippen LogP contribution in [0.4, 0.5) is 10.8 Å². The number of carbonyl (C=O) groups excluding carboxylic acids is 1. The minimum Gasteiger partial charge on any atom is -0.381 e. The number of hydrogen-bond acceptors (Lipinski definition) is 6. The van der Waals surface area contributed by atoms with Crippen molar-refractivity contribution < 1.29 is 4.79 Å². The molecule has 0 aliphatic carbocycles. The number of anilines is 2. The van der Waals surface area contributed by atoms with Gasteiger partial charge in [-0.15, -0.1) is 0 Å². The zero-order valence-corrected chi connectivity index (χ0v) is 18.6. The van der Waals surface area contributed by atoms with E-state index in [0.717, 1.165) is 65.8 Å². The third-order valence-corrected chi connectivity index (χ3v) is 6.51. The van der Waals surface area contributed by atoms with Gasteiger partial charge >= 0.3 is 0 Å². The minimum absolute atomic E-state index is 0.0000847. The maximum atomic E-state index is 12.4. The van der Waals surface area contributed by atoms with Crippen LogP contribution in [0.25, 0.3) is 10.2 Å². The van der Waals surface area contributed by atoms with E-state index in [9.17, 15) is 4.79 Å². The summed E-state index contributed by atoms with van der Waals surface area (Å²) in [5, 5.41) is 7.78. The molecule has 0 unspecified atom stereocenters. The number of aromatic nitrogens is 1. The first-order chi connectivity index (χ1) is 14.6. The van der Waals surface area contributed by atoms with Gasteiger partial charge in [-0.3, -0.25) is 9.69 Å². The molecule has 1 saturated heterocycles. The number of hydrogen-bond donors (Lipinski definition) is 2. The van der Waals surface area contributed by atoms with Gasteiger partial charge in [0.25, 0.3) is 0 Å². The van der Waals surface area contributed by atoms with Gasteiger partial charge in [-0.2, -0.15) is 0 Å². The predicted octanol–water partition coefficient (Wildman–Crippen LogP) is 4.14. The Hall–Kier alpha value is -2.19. The van der Waals surface area contributed by atoms with Crippen LogP contribution in [-0.2, 0) is 11.3 Å². The van der Waals surface area contributed by atoms with Gasteiger partial charge in [0.15, 0.2) is 5.13 Å². The Morgan fingerprint density at radius 1 is 1.10 bits per heavy atom. The standard InChI is InChI=1S/C22H26ClN5OS/c1-2-27-9-11-28(12-10-27)15-21(29)26-22-25-19-8-7-18(13-20(19)30-22)24-14-16-3-5-17(23)6-4-16/h3-8,13,24H,2,9-12,14-15H2,1H3,(H,25,26,29). The molecule has 0 spiro atoms. The highest BCUT2D eigenvalue weighted by atomic mass is 35.5. The van der Waals surface area contributed by atoms with Crippen LogP contribution >= 0.6 is 22.9 Å². The molecule has 0 saturated carbocycles. The molecule has 4 rings (SSSR count). The molecule has 0 radical (unpaired) electrons. The third-order valence-electron chi connectivity index (χ3n) is 5.32. The van der Waals surface area contributed by atoms with E-state index in [4.69, 9.17) is 11.6 Å². The summed E-state index contributed by atoms with van der Waals surface area (Å²) in [5.41, 5.74) is 3.08. The number of benzene rings is 2. The first kappa shape index (κ1) is 21.1.